The molecule has 8 aromatic carbocycles. The van der Waals surface area contributed by atoms with Crippen molar-refractivity contribution in [2.24, 2.45) is 4.99 Å². The molecule has 0 saturated carbocycles. The number of nitrogens with zero attached hydrogens (tertiary/aromatic N) is 1. The van der Waals surface area contributed by atoms with E-state index in [0.29, 0.717) is 21.9 Å². The number of carbonyl (C=O) groups is 1. The average molecular weight is 775 g/mol. The third kappa shape index (κ3) is 3.89. The van der Waals surface area contributed by atoms with Crippen LogP contribution in [-0.4, -0.2) is 10.9 Å². The number of benzene rings is 8. The van der Waals surface area contributed by atoms with Crippen molar-refractivity contribution in [2.45, 2.75) is 39.0 Å². The second-order valence-electron chi connectivity index (χ2n) is 17.1. The molecular formula is C54H38N4O2. The molecule has 0 saturated heterocycles. The maximum absolute atomic E-state index is 15.1. The molecule has 60 heavy (non-hydrogen) atoms. The lowest BCUT2D eigenvalue weighted by molar-refractivity contribution is -0.109. The SMILES string of the molecule is Cc1cccc2c1C1(N=c3cccc4cc/c(=C5\C(=O)C(c6ccc7cccc8c7c6NC6(N8)c7c(C)cccc7-c7cccc(C)c76)=C5O)c(c34)N1)c1c(C)cccc1-2. The van der Waals surface area contributed by atoms with Gasteiger partial charge in [-0.05, 0) is 95.1 Å². The van der Waals surface area contributed by atoms with Gasteiger partial charge in [0.25, 0.3) is 0 Å². The molecule has 0 bridgehead atoms. The molecule has 0 fully saturated rings. The molecule has 3 aliphatic carbocycles. The van der Waals surface area contributed by atoms with Crippen LogP contribution in [0.5, 0.6) is 0 Å². The van der Waals surface area contributed by atoms with Crippen molar-refractivity contribution in [3.05, 3.63) is 200 Å². The smallest absolute Gasteiger partial charge is 0.201 e. The average Bonchev–Trinajstić information content (AvgIpc) is 3.68. The second-order valence-corrected chi connectivity index (χ2v) is 17.1. The van der Waals surface area contributed by atoms with E-state index in [9.17, 15) is 5.11 Å². The Balaban J connectivity index is 1.05. The van der Waals surface area contributed by atoms with Gasteiger partial charge in [-0.25, -0.2) is 4.99 Å². The Bertz CT molecular complexity index is 3460. The van der Waals surface area contributed by atoms with E-state index < -0.39 is 11.3 Å². The zero-order valence-electron chi connectivity index (χ0n) is 33.5. The van der Waals surface area contributed by atoms with Crippen LogP contribution in [0.3, 0.4) is 0 Å². The van der Waals surface area contributed by atoms with Crippen LogP contribution in [-0.2, 0) is 16.1 Å². The molecule has 0 unspecified atom stereocenters. The Labute approximate surface area is 346 Å². The van der Waals surface area contributed by atoms with E-state index >= 15 is 4.79 Å². The summed E-state index contributed by atoms with van der Waals surface area (Å²) in [6, 6.07) is 46.4. The number of aliphatic hydroxyl groups excluding tert-OH is 1. The fourth-order valence-corrected chi connectivity index (χ4v) is 11.6. The number of carbonyl (C=O) groups excluding carboxylic acids is 1. The summed E-state index contributed by atoms with van der Waals surface area (Å²) in [4.78, 5) is 20.7. The van der Waals surface area contributed by atoms with E-state index in [0.717, 1.165) is 99.6 Å². The number of aryl methyl sites for hydroxylation is 4. The van der Waals surface area contributed by atoms with Gasteiger partial charge in [-0.15, -0.1) is 0 Å². The highest BCUT2D eigenvalue weighted by atomic mass is 16.3. The molecule has 2 aliphatic heterocycles. The first kappa shape index (κ1) is 33.5. The fourth-order valence-electron chi connectivity index (χ4n) is 11.6. The fraction of sp³-hybridized carbons (Fsp3) is 0.111. The molecule has 0 aromatic heterocycles. The predicted molar refractivity (Wildman–Crippen MR) is 242 cm³/mol. The summed E-state index contributed by atoms with van der Waals surface area (Å²) in [6.45, 7) is 8.62. The number of hydrogen-bond acceptors (Lipinski definition) is 6. The minimum atomic E-state index is -0.928. The van der Waals surface area contributed by atoms with Crippen molar-refractivity contribution in [1.82, 2.24) is 0 Å². The zero-order valence-corrected chi connectivity index (χ0v) is 33.5. The normalized spacial score (nSPS) is 17.4. The number of ketones is 1. The Morgan fingerprint density at radius 3 is 1.63 bits per heavy atom. The van der Waals surface area contributed by atoms with E-state index in [4.69, 9.17) is 4.99 Å². The zero-order chi connectivity index (χ0) is 40.4. The van der Waals surface area contributed by atoms with Crippen molar-refractivity contribution in [2.75, 3.05) is 16.0 Å². The molecule has 286 valence electrons. The molecule has 6 heteroatoms. The Kier molecular flexibility index (Phi) is 6.25. The quantitative estimate of drug-likeness (QED) is 0.133. The summed E-state index contributed by atoms with van der Waals surface area (Å²) in [6.07, 6.45) is 0. The highest BCUT2D eigenvalue weighted by Gasteiger charge is 2.50. The van der Waals surface area contributed by atoms with Crippen LogP contribution in [0.1, 0.15) is 50.1 Å². The maximum Gasteiger partial charge on any atom is 0.201 e. The highest BCUT2D eigenvalue weighted by Crippen LogP contribution is 2.57. The Morgan fingerprint density at radius 1 is 0.483 bits per heavy atom. The van der Waals surface area contributed by atoms with Crippen molar-refractivity contribution in [1.29, 1.82) is 0 Å². The lowest BCUT2D eigenvalue weighted by atomic mass is 9.79. The van der Waals surface area contributed by atoms with E-state index in [1.54, 1.807) is 0 Å². The molecule has 2 heterocycles. The number of Topliss-reactive ketones (excluding diaryl/α,β-unsaturated/α-hetero) is 1. The summed E-state index contributed by atoms with van der Waals surface area (Å²) in [5.74, 6) is -0.200. The first-order valence-electron chi connectivity index (χ1n) is 20.7. The lowest BCUT2D eigenvalue weighted by Crippen LogP contribution is -2.46. The molecule has 0 amide bonds. The molecule has 4 N–H and O–H groups in total. The second kappa shape index (κ2) is 11.2. The summed E-state index contributed by atoms with van der Waals surface area (Å²) >= 11 is 0. The molecule has 8 aromatic rings. The molecule has 0 atom stereocenters. The van der Waals surface area contributed by atoms with E-state index in [2.05, 4.69) is 153 Å². The van der Waals surface area contributed by atoms with Crippen LogP contribution in [0.15, 0.2) is 144 Å². The monoisotopic (exact) mass is 774 g/mol. The van der Waals surface area contributed by atoms with Crippen LogP contribution in [0.2, 0.25) is 0 Å². The Morgan fingerprint density at radius 2 is 1.02 bits per heavy atom. The summed E-state index contributed by atoms with van der Waals surface area (Å²) in [5, 5.41) is 29.9. The first-order chi connectivity index (χ1) is 29.2. The van der Waals surface area contributed by atoms with E-state index in [-0.39, 0.29) is 11.5 Å². The number of aliphatic hydroxyl groups is 1. The predicted octanol–water partition coefficient (Wildman–Crippen LogP) is 10.6. The first-order valence-corrected chi connectivity index (χ1v) is 20.7. The standard InChI is InChI=1S/C54H38N4O2/c1-27-11-5-17-33-34-18-6-12-28(2)46(34)53(45(27)33)55-39-21-9-15-31-23-25-37(49(57-53)41(31)39)43-51(59)44(52(43)60)38-26-24-32-16-10-22-40-42(32)50(38)58-54(56-40)47-29(3)13-7-19-35(47)36-20-8-14-30(4)48(36)54/h5-26,55,57-59H,1-4H3/b44-38+. The van der Waals surface area contributed by atoms with Crippen molar-refractivity contribution < 1.29 is 9.90 Å². The van der Waals surface area contributed by atoms with Crippen molar-refractivity contribution in [3.8, 4) is 22.3 Å². The van der Waals surface area contributed by atoms with Crippen LogP contribution in [0.4, 0.5) is 17.1 Å². The molecule has 2 spiro atoms. The number of rotatable bonds is 1. The molecule has 0 radical (unpaired) electrons. The summed E-state index contributed by atoms with van der Waals surface area (Å²) in [5.41, 5.74) is 15.9. The van der Waals surface area contributed by atoms with Gasteiger partial charge in [0.15, 0.2) is 11.3 Å². The van der Waals surface area contributed by atoms with Crippen LogP contribution >= 0.6 is 0 Å². The highest BCUT2D eigenvalue weighted by molar-refractivity contribution is 6.52. The molecule has 6 nitrogen and oxygen atoms in total. The third-order valence-electron chi connectivity index (χ3n) is 13.9. The van der Waals surface area contributed by atoms with Gasteiger partial charge < -0.3 is 21.1 Å². The number of allylic oxidation sites excluding steroid dienone is 2. The van der Waals surface area contributed by atoms with Crippen molar-refractivity contribution in [3.63, 3.8) is 0 Å². The number of fused-ring (bicyclic) bond motifs is 10. The molecule has 5 aliphatic rings. The van der Waals surface area contributed by atoms with Crippen LogP contribution in [0, 0.1) is 27.7 Å². The number of hydrogen-bond donors (Lipinski definition) is 4. The van der Waals surface area contributed by atoms with E-state index in [1.807, 2.05) is 24.3 Å². The topological polar surface area (TPSA) is 85.8 Å². The van der Waals surface area contributed by atoms with Gasteiger partial charge >= 0.3 is 0 Å². The van der Waals surface area contributed by atoms with Crippen LogP contribution < -0.4 is 26.5 Å². The minimum absolute atomic E-state index is 0.00641. The largest absolute Gasteiger partial charge is 0.506 e. The van der Waals surface area contributed by atoms with Gasteiger partial charge in [-0.2, -0.15) is 0 Å². The van der Waals surface area contributed by atoms with Gasteiger partial charge in [-0.1, -0.05) is 121 Å². The number of nitrogens with one attached hydrogen (secondary N) is 3. The lowest BCUT2D eigenvalue weighted by Gasteiger charge is -2.42. The van der Waals surface area contributed by atoms with Gasteiger partial charge in [0.2, 0.25) is 5.78 Å². The van der Waals surface area contributed by atoms with Gasteiger partial charge in [0.1, 0.15) is 5.76 Å². The van der Waals surface area contributed by atoms with Gasteiger partial charge in [0.05, 0.1) is 27.9 Å². The van der Waals surface area contributed by atoms with Gasteiger partial charge in [-0.3, -0.25) is 4.79 Å². The molecule has 13 rings (SSSR count). The summed E-state index contributed by atoms with van der Waals surface area (Å²) in [7, 11) is 0. The van der Waals surface area contributed by atoms with Gasteiger partial charge in [0, 0.05) is 49.5 Å². The van der Waals surface area contributed by atoms with Crippen LogP contribution in [0.25, 0.3) is 54.9 Å². The minimum Gasteiger partial charge on any atom is -0.506 e. The summed E-state index contributed by atoms with van der Waals surface area (Å²) < 4.78 is 0. The molecular weight excluding hydrogens is 737 g/mol. The maximum atomic E-state index is 15.1. The van der Waals surface area contributed by atoms with E-state index in [1.165, 1.54) is 11.1 Å². The van der Waals surface area contributed by atoms with Crippen molar-refractivity contribution >= 4 is 55.5 Å². The number of anilines is 3. The third-order valence-corrected chi connectivity index (χ3v) is 13.9. The Hall–Kier alpha value is -7.44.